The van der Waals surface area contributed by atoms with Crippen molar-refractivity contribution in [3.63, 3.8) is 0 Å². The number of hydrogen-bond donors (Lipinski definition) is 1. The van der Waals surface area contributed by atoms with Gasteiger partial charge in [0, 0.05) is 19.6 Å². The normalized spacial score (nSPS) is 33.2. The van der Waals surface area contributed by atoms with Gasteiger partial charge in [-0.3, -0.25) is 4.90 Å². The lowest BCUT2D eigenvalue weighted by Gasteiger charge is -2.47. The van der Waals surface area contributed by atoms with Gasteiger partial charge in [0.15, 0.2) is 0 Å². The first kappa shape index (κ1) is 9.81. The van der Waals surface area contributed by atoms with Crippen molar-refractivity contribution >= 4 is 11.8 Å². The lowest BCUT2D eigenvalue weighted by atomic mass is 9.90. The predicted molar refractivity (Wildman–Crippen MR) is 57.1 cm³/mol. The molecule has 1 N–H and O–H groups in total. The highest BCUT2D eigenvalue weighted by Gasteiger charge is 2.40. The average molecular weight is 201 g/mol. The van der Waals surface area contributed by atoms with E-state index in [2.05, 4.69) is 23.6 Å². The molecule has 1 atom stereocenters. The summed E-state index contributed by atoms with van der Waals surface area (Å²) in [5, 5.41) is 9.82. The number of likely N-dealkylation sites (tertiary alicyclic amines) is 1. The predicted octanol–water partition coefficient (Wildman–Crippen LogP) is 1.20. The number of β-amino-alcohol motifs (C(OH)–C–C–N with tert-alkyl or cyclic N) is 1. The third-order valence-corrected chi connectivity index (χ3v) is 4.47. The Morgan fingerprint density at radius 1 is 1.54 bits per heavy atom. The summed E-state index contributed by atoms with van der Waals surface area (Å²) in [6.07, 6.45) is 2.29. The molecule has 2 aliphatic rings. The summed E-state index contributed by atoms with van der Waals surface area (Å²) in [6, 6.07) is 0. The van der Waals surface area contributed by atoms with Crippen LogP contribution in [0.2, 0.25) is 0 Å². The van der Waals surface area contributed by atoms with E-state index in [1.807, 2.05) is 0 Å². The van der Waals surface area contributed by atoms with E-state index in [9.17, 15) is 5.11 Å². The molecule has 2 fully saturated rings. The van der Waals surface area contributed by atoms with E-state index >= 15 is 0 Å². The Labute approximate surface area is 84.7 Å². The molecular formula is C10H19NOS. The first-order chi connectivity index (χ1) is 6.22. The molecule has 0 saturated carbocycles. The van der Waals surface area contributed by atoms with E-state index in [0.717, 1.165) is 25.4 Å². The maximum absolute atomic E-state index is 9.82. The van der Waals surface area contributed by atoms with Gasteiger partial charge in [-0.1, -0.05) is 6.92 Å². The Balaban J connectivity index is 1.68. The van der Waals surface area contributed by atoms with E-state index in [0.29, 0.717) is 0 Å². The molecule has 0 spiro atoms. The van der Waals surface area contributed by atoms with Crippen LogP contribution in [0.25, 0.3) is 0 Å². The maximum atomic E-state index is 9.82. The highest BCUT2D eigenvalue weighted by atomic mass is 32.2. The van der Waals surface area contributed by atoms with Crippen molar-refractivity contribution < 1.29 is 5.11 Å². The molecule has 2 rings (SSSR count). The van der Waals surface area contributed by atoms with Gasteiger partial charge >= 0.3 is 0 Å². The van der Waals surface area contributed by atoms with Gasteiger partial charge < -0.3 is 5.11 Å². The van der Waals surface area contributed by atoms with E-state index in [1.165, 1.54) is 24.5 Å². The summed E-state index contributed by atoms with van der Waals surface area (Å²) in [6.45, 7) is 5.10. The average Bonchev–Trinajstić information content (AvgIpc) is 2.54. The van der Waals surface area contributed by atoms with Gasteiger partial charge in [-0.15, -0.1) is 0 Å². The number of hydrogen-bond acceptors (Lipinski definition) is 3. The largest absolute Gasteiger partial charge is 0.387 e. The van der Waals surface area contributed by atoms with Crippen molar-refractivity contribution in [1.29, 1.82) is 0 Å². The van der Waals surface area contributed by atoms with E-state index < -0.39 is 0 Å². The number of rotatable bonds is 3. The molecule has 0 bridgehead atoms. The van der Waals surface area contributed by atoms with Crippen LogP contribution in [0.4, 0.5) is 0 Å². The number of aliphatic hydroxyl groups is 1. The van der Waals surface area contributed by atoms with Crippen molar-refractivity contribution in [1.82, 2.24) is 4.90 Å². The Bertz CT molecular complexity index is 174. The van der Waals surface area contributed by atoms with Gasteiger partial charge in [-0.25, -0.2) is 0 Å². The second-order valence-corrected chi connectivity index (χ2v) is 5.63. The smallest absolute Gasteiger partial charge is 0.0897 e. The van der Waals surface area contributed by atoms with Gasteiger partial charge in [0.25, 0.3) is 0 Å². The molecule has 2 heterocycles. The van der Waals surface area contributed by atoms with E-state index in [1.54, 1.807) is 0 Å². The standard InChI is InChI=1S/C10H19NOS/c1-2-10(12)7-11(8-10)5-9-3-4-13-6-9/h9,12H,2-8H2,1H3. The molecule has 2 aliphatic heterocycles. The lowest BCUT2D eigenvalue weighted by Crippen LogP contribution is -2.62. The molecule has 76 valence electrons. The fourth-order valence-electron chi connectivity index (χ4n) is 2.23. The summed E-state index contributed by atoms with van der Waals surface area (Å²) in [5.74, 6) is 3.57. The van der Waals surface area contributed by atoms with Crippen LogP contribution in [-0.4, -0.2) is 46.7 Å². The Morgan fingerprint density at radius 2 is 2.31 bits per heavy atom. The van der Waals surface area contributed by atoms with Crippen molar-refractivity contribution in [3.05, 3.63) is 0 Å². The first-order valence-corrected chi connectivity index (χ1v) is 6.40. The van der Waals surface area contributed by atoms with Crippen molar-refractivity contribution in [2.24, 2.45) is 5.92 Å². The number of thioether (sulfide) groups is 1. The summed E-state index contributed by atoms with van der Waals surface area (Å²) >= 11 is 2.08. The Morgan fingerprint density at radius 3 is 2.85 bits per heavy atom. The molecule has 0 aromatic carbocycles. The number of nitrogens with zero attached hydrogens (tertiary/aromatic N) is 1. The van der Waals surface area contributed by atoms with E-state index in [4.69, 9.17) is 0 Å². The molecule has 3 heteroatoms. The minimum Gasteiger partial charge on any atom is -0.387 e. The summed E-state index contributed by atoms with van der Waals surface area (Å²) in [7, 11) is 0. The summed E-state index contributed by atoms with van der Waals surface area (Å²) in [5.41, 5.74) is -0.342. The molecule has 1 unspecified atom stereocenters. The zero-order valence-electron chi connectivity index (χ0n) is 8.33. The quantitative estimate of drug-likeness (QED) is 0.742. The van der Waals surface area contributed by atoms with E-state index in [-0.39, 0.29) is 5.60 Å². The maximum Gasteiger partial charge on any atom is 0.0897 e. The molecule has 0 aromatic heterocycles. The summed E-state index contributed by atoms with van der Waals surface area (Å²) < 4.78 is 0. The van der Waals surface area contributed by atoms with Crippen LogP contribution in [0.15, 0.2) is 0 Å². The fourth-order valence-corrected chi connectivity index (χ4v) is 3.50. The summed E-state index contributed by atoms with van der Waals surface area (Å²) in [4.78, 5) is 2.40. The lowest BCUT2D eigenvalue weighted by molar-refractivity contribution is -0.103. The van der Waals surface area contributed by atoms with Crippen molar-refractivity contribution in [3.8, 4) is 0 Å². The van der Waals surface area contributed by atoms with Gasteiger partial charge in [0.05, 0.1) is 5.60 Å². The van der Waals surface area contributed by atoms with Crippen molar-refractivity contribution in [2.75, 3.05) is 31.1 Å². The van der Waals surface area contributed by atoms with Gasteiger partial charge in [-0.2, -0.15) is 11.8 Å². The molecule has 2 nitrogen and oxygen atoms in total. The minimum atomic E-state index is -0.342. The first-order valence-electron chi connectivity index (χ1n) is 5.24. The van der Waals surface area contributed by atoms with Gasteiger partial charge in [0.1, 0.15) is 0 Å². The second kappa shape index (κ2) is 3.79. The zero-order chi connectivity index (χ0) is 9.31. The van der Waals surface area contributed by atoms with Crippen LogP contribution in [0.5, 0.6) is 0 Å². The van der Waals surface area contributed by atoms with Crippen LogP contribution in [-0.2, 0) is 0 Å². The molecule has 0 radical (unpaired) electrons. The highest BCUT2D eigenvalue weighted by Crippen LogP contribution is 2.29. The molecule has 2 saturated heterocycles. The van der Waals surface area contributed by atoms with Crippen LogP contribution in [0, 0.1) is 5.92 Å². The zero-order valence-corrected chi connectivity index (χ0v) is 9.15. The van der Waals surface area contributed by atoms with Crippen LogP contribution in [0.3, 0.4) is 0 Å². The fraction of sp³-hybridized carbons (Fsp3) is 1.00. The third kappa shape index (κ3) is 2.20. The molecule has 13 heavy (non-hydrogen) atoms. The second-order valence-electron chi connectivity index (χ2n) is 4.48. The molecule has 0 amide bonds. The SMILES string of the molecule is CCC1(O)CN(CC2CCSC2)C1. The van der Waals surface area contributed by atoms with Gasteiger partial charge in [-0.05, 0) is 30.3 Å². The monoisotopic (exact) mass is 201 g/mol. The minimum absolute atomic E-state index is 0.342. The van der Waals surface area contributed by atoms with Crippen LogP contribution >= 0.6 is 11.8 Å². The van der Waals surface area contributed by atoms with Crippen LogP contribution in [0.1, 0.15) is 19.8 Å². The van der Waals surface area contributed by atoms with Crippen molar-refractivity contribution in [2.45, 2.75) is 25.4 Å². The Hall–Kier alpha value is 0.270. The molecular weight excluding hydrogens is 182 g/mol. The third-order valence-electron chi connectivity index (χ3n) is 3.23. The molecule has 0 aliphatic carbocycles. The van der Waals surface area contributed by atoms with Crippen LogP contribution < -0.4 is 0 Å². The topological polar surface area (TPSA) is 23.5 Å². The Kier molecular flexibility index (Phi) is 2.86. The highest BCUT2D eigenvalue weighted by molar-refractivity contribution is 7.99. The molecule has 0 aromatic rings. The van der Waals surface area contributed by atoms with Gasteiger partial charge in [0.2, 0.25) is 0 Å².